The lowest BCUT2D eigenvalue weighted by Crippen LogP contribution is -2.32. The standard InChI is InChI=1S/C22H25NO3/c1-13(2)16-8-6-9-17(14(3)4)20(16)23-21(25)18-10-5-7-15(11-12-24)19(18)22(23)26/h5-10,13-14,24H,11-12H2,1-4H3. The molecule has 0 aromatic heterocycles. The number of carbonyl (C=O) groups excluding carboxylic acids is 2. The zero-order valence-corrected chi connectivity index (χ0v) is 15.7. The second-order valence-corrected chi connectivity index (χ2v) is 7.35. The van der Waals surface area contributed by atoms with E-state index in [0.29, 0.717) is 17.5 Å². The van der Waals surface area contributed by atoms with Crippen molar-refractivity contribution in [3.05, 3.63) is 64.2 Å². The van der Waals surface area contributed by atoms with Crippen LogP contribution in [0.2, 0.25) is 0 Å². The summed E-state index contributed by atoms with van der Waals surface area (Å²) in [7, 11) is 0. The van der Waals surface area contributed by atoms with E-state index < -0.39 is 0 Å². The molecule has 1 heterocycles. The molecule has 26 heavy (non-hydrogen) atoms. The lowest BCUT2D eigenvalue weighted by Gasteiger charge is -2.25. The fourth-order valence-corrected chi connectivity index (χ4v) is 3.66. The third-order valence-corrected chi connectivity index (χ3v) is 4.95. The van der Waals surface area contributed by atoms with Gasteiger partial charge in [-0.05, 0) is 41.0 Å². The van der Waals surface area contributed by atoms with Gasteiger partial charge in [-0.2, -0.15) is 0 Å². The van der Waals surface area contributed by atoms with Crippen LogP contribution in [0.25, 0.3) is 0 Å². The topological polar surface area (TPSA) is 57.6 Å². The van der Waals surface area contributed by atoms with Gasteiger partial charge >= 0.3 is 0 Å². The quantitative estimate of drug-likeness (QED) is 0.819. The van der Waals surface area contributed by atoms with E-state index in [2.05, 4.69) is 27.7 Å². The lowest BCUT2D eigenvalue weighted by atomic mass is 9.92. The maximum atomic E-state index is 13.3. The van der Waals surface area contributed by atoms with Crippen molar-refractivity contribution in [2.75, 3.05) is 11.5 Å². The third kappa shape index (κ3) is 2.84. The smallest absolute Gasteiger partial charge is 0.266 e. The number of anilines is 1. The fraction of sp³-hybridized carbons (Fsp3) is 0.364. The first kappa shape index (κ1) is 18.3. The number of hydrogen-bond donors (Lipinski definition) is 1. The molecule has 0 radical (unpaired) electrons. The number of aliphatic hydroxyl groups is 1. The summed E-state index contributed by atoms with van der Waals surface area (Å²) in [6.45, 7) is 8.21. The van der Waals surface area contributed by atoms with Gasteiger partial charge in [0, 0.05) is 6.61 Å². The Morgan fingerprint density at radius 3 is 2.00 bits per heavy atom. The summed E-state index contributed by atoms with van der Waals surface area (Å²) < 4.78 is 0. The number of hydrogen-bond acceptors (Lipinski definition) is 3. The Morgan fingerprint density at radius 2 is 1.46 bits per heavy atom. The van der Waals surface area contributed by atoms with Gasteiger partial charge < -0.3 is 5.11 Å². The molecule has 1 aliphatic rings. The maximum absolute atomic E-state index is 13.3. The molecular weight excluding hydrogens is 326 g/mol. The van der Waals surface area contributed by atoms with Gasteiger partial charge in [-0.15, -0.1) is 0 Å². The molecule has 0 aliphatic carbocycles. The van der Waals surface area contributed by atoms with Crippen LogP contribution in [-0.2, 0) is 6.42 Å². The summed E-state index contributed by atoms with van der Waals surface area (Å²) in [5, 5.41) is 9.31. The van der Waals surface area contributed by atoms with E-state index in [1.165, 1.54) is 4.90 Å². The molecule has 136 valence electrons. The highest BCUT2D eigenvalue weighted by Gasteiger charge is 2.40. The van der Waals surface area contributed by atoms with Crippen molar-refractivity contribution in [1.82, 2.24) is 0 Å². The lowest BCUT2D eigenvalue weighted by molar-refractivity contribution is 0.0925. The Kier molecular flexibility index (Phi) is 4.97. The van der Waals surface area contributed by atoms with Crippen molar-refractivity contribution in [3.8, 4) is 0 Å². The van der Waals surface area contributed by atoms with Crippen molar-refractivity contribution in [3.63, 3.8) is 0 Å². The summed E-state index contributed by atoms with van der Waals surface area (Å²) >= 11 is 0. The molecule has 2 amide bonds. The minimum atomic E-state index is -0.288. The van der Waals surface area contributed by atoms with Crippen LogP contribution in [-0.4, -0.2) is 23.5 Å². The van der Waals surface area contributed by atoms with Crippen molar-refractivity contribution in [2.24, 2.45) is 0 Å². The van der Waals surface area contributed by atoms with Gasteiger partial charge in [0.15, 0.2) is 0 Å². The van der Waals surface area contributed by atoms with Crippen molar-refractivity contribution in [2.45, 2.75) is 46.0 Å². The molecule has 0 bridgehead atoms. The van der Waals surface area contributed by atoms with Gasteiger partial charge in [-0.1, -0.05) is 58.0 Å². The number of carbonyl (C=O) groups is 2. The SMILES string of the molecule is CC(C)c1cccc(C(C)C)c1N1C(=O)c2cccc(CCO)c2C1=O. The van der Waals surface area contributed by atoms with Gasteiger partial charge in [0.2, 0.25) is 0 Å². The van der Waals surface area contributed by atoms with Crippen molar-refractivity contribution in [1.29, 1.82) is 0 Å². The van der Waals surface area contributed by atoms with Gasteiger partial charge in [0.05, 0.1) is 16.8 Å². The number of imide groups is 1. The first-order valence-electron chi connectivity index (χ1n) is 9.12. The van der Waals surface area contributed by atoms with Crippen LogP contribution in [0.15, 0.2) is 36.4 Å². The highest BCUT2D eigenvalue weighted by molar-refractivity contribution is 6.35. The fourth-order valence-electron chi connectivity index (χ4n) is 3.66. The zero-order valence-electron chi connectivity index (χ0n) is 15.7. The Labute approximate surface area is 154 Å². The minimum absolute atomic E-state index is 0.0578. The van der Waals surface area contributed by atoms with Crippen LogP contribution >= 0.6 is 0 Å². The van der Waals surface area contributed by atoms with E-state index in [1.807, 2.05) is 18.2 Å². The zero-order chi connectivity index (χ0) is 19.0. The largest absolute Gasteiger partial charge is 0.396 e. The summed E-state index contributed by atoms with van der Waals surface area (Å²) in [4.78, 5) is 27.8. The molecule has 3 rings (SSSR count). The summed E-state index contributed by atoms with van der Waals surface area (Å²) in [6.07, 6.45) is 0.360. The first-order chi connectivity index (χ1) is 12.4. The number of benzene rings is 2. The highest BCUT2D eigenvalue weighted by atomic mass is 16.3. The number of amides is 2. The van der Waals surface area contributed by atoms with E-state index in [1.54, 1.807) is 18.2 Å². The summed E-state index contributed by atoms with van der Waals surface area (Å²) in [6, 6.07) is 11.2. The van der Waals surface area contributed by atoms with E-state index in [4.69, 9.17) is 0 Å². The van der Waals surface area contributed by atoms with Crippen molar-refractivity contribution < 1.29 is 14.7 Å². The van der Waals surface area contributed by atoms with Crippen LogP contribution in [0, 0.1) is 0 Å². The van der Waals surface area contributed by atoms with Crippen LogP contribution in [0.5, 0.6) is 0 Å². The first-order valence-corrected chi connectivity index (χ1v) is 9.12. The van der Waals surface area contributed by atoms with Crippen LogP contribution in [0.3, 0.4) is 0 Å². The molecule has 1 aliphatic heterocycles. The number of rotatable bonds is 5. The predicted octanol–water partition coefficient (Wildman–Crippen LogP) is 4.27. The molecule has 0 unspecified atom stereocenters. The molecule has 2 aromatic carbocycles. The van der Waals surface area contributed by atoms with E-state index in [9.17, 15) is 14.7 Å². The van der Waals surface area contributed by atoms with Crippen LogP contribution in [0.1, 0.15) is 76.9 Å². The third-order valence-electron chi connectivity index (χ3n) is 4.95. The Bertz CT molecular complexity index is 841. The molecule has 2 aromatic rings. The molecule has 4 nitrogen and oxygen atoms in total. The Morgan fingerprint density at radius 1 is 0.885 bits per heavy atom. The summed E-state index contributed by atoms with van der Waals surface area (Å²) in [5.74, 6) is -0.196. The molecule has 0 atom stereocenters. The molecular formula is C22H25NO3. The van der Waals surface area contributed by atoms with Crippen LogP contribution in [0.4, 0.5) is 5.69 Å². The highest BCUT2D eigenvalue weighted by Crippen LogP contribution is 2.40. The van der Waals surface area contributed by atoms with Crippen LogP contribution < -0.4 is 4.90 Å². The molecule has 1 N–H and O–H groups in total. The second-order valence-electron chi connectivity index (χ2n) is 7.35. The van der Waals surface area contributed by atoms with Gasteiger partial charge in [0.1, 0.15) is 0 Å². The van der Waals surface area contributed by atoms with E-state index >= 15 is 0 Å². The van der Waals surface area contributed by atoms with Gasteiger partial charge in [-0.25, -0.2) is 4.90 Å². The summed E-state index contributed by atoms with van der Waals surface area (Å²) in [5.41, 5.74) is 4.29. The van der Waals surface area contributed by atoms with E-state index in [-0.39, 0.29) is 30.3 Å². The Balaban J connectivity index is 2.22. The number of para-hydroxylation sites is 1. The monoisotopic (exact) mass is 351 g/mol. The maximum Gasteiger partial charge on any atom is 0.266 e. The van der Waals surface area contributed by atoms with Gasteiger partial charge in [-0.3, -0.25) is 9.59 Å². The predicted molar refractivity (Wildman–Crippen MR) is 103 cm³/mol. The molecule has 4 heteroatoms. The second kappa shape index (κ2) is 7.04. The van der Waals surface area contributed by atoms with Crippen molar-refractivity contribution >= 4 is 17.5 Å². The minimum Gasteiger partial charge on any atom is -0.396 e. The average molecular weight is 351 g/mol. The normalized spacial score (nSPS) is 13.9. The number of fused-ring (bicyclic) bond motifs is 1. The van der Waals surface area contributed by atoms with E-state index in [0.717, 1.165) is 22.4 Å². The average Bonchev–Trinajstić information content (AvgIpc) is 2.86. The molecule has 0 spiro atoms. The molecule has 0 saturated carbocycles. The number of nitrogens with zero attached hydrogens (tertiary/aromatic N) is 1. The Hall–Kier alpha value is -2.46. The van der Waals surface area contributed by atoms with Gasteiger partial charge in [0.25, 0.3) is 11.8 Å². The molecule has 0 saturated heterocycles. The molecule has 0 fully saturated rings. The number of aliphatic hydroxyl groups excluding tert-OH is 1.